The fourth-order valence-corrected chi connectivity index (χ4v) is 7.39. The quantitative estimate of drug-likeness (QED) is 0.211. The minimum absolute atomic E-state index is 0.0110. The van der Waals surface area contributed by atoms with Gasteiger partial charge in [-0.3, -0.25) is 14.3 Å². The molecule has 0 unspecified atom stereocenters. The Morgan fingerprint density at radius 2 is 1.72 bits per heavy atom. The fourth-order valence-electron chi connectivity index (χ4n) is 5.70. The van der Waals surface area contributed by atoms with Crippen LogP contribution in [0.2, 0.25) is 0 Å². The van der Waals surface area contributed by atoms with Crippen LogP contribution in [0, 0.1) is 0 Å². The number of ether oxygens (including phenoxy) is 1. The number of hydrogen-bond donors (Lipinski definition) is 0. The van der Waals surface area contributed by atoms with Crippen molar-refractivity contribution in [1.82, 2.24) is 18.4 Å². The van der Waals surface area contributed by atoms with Crippen LogP contribution >= 0.6 is 0 Å². The van der Waals surface area contributed by atoms with E-state index in [2.05, 4.69) is 4.98 Å². The summed E-state index contributed by atoms with van der Waals surface area (Å²) in [5, 5.41) is 0.683. The van der Waals surface area contributed by atoms with Gasteiger partial charge in [0.05, 0.1) is 40.5 Å². The Morgan fingerprint density at radius 1 is 0.979 bits per heavy atom. The standard InChI is InChI=1S/C34H31F3N4O5S/c1-33(2,3)46-32(43)39-15-14-27-26-11-10-25(18-29(26)41(30(27)20-39)47(44,45)21-22-7-5-4-6-8-22)40-16-13-23(17-31(40)42)28-12-9-24(19-38-28)34(35,36)37/h4-13,16-19H,14-15,20-21H2,1-3H3. The van der Waals surface area contributed by atoms with Crippen LogP contribution in [0.4, 0.5) is 18.0 Å². The van der Waals surface area contributed by atoms with Crippen LogP contribution < -0.4 is 5.56 Å². The molecule has 0 bridgehead atoms. The minimum Gasteiger partial charge on any atom is -0.444 e. The van der Waals surface area contributed by atoms with Crippen LogP contribution in [0.25, 0.3) is 27.8 Å². The topological polar surface area (TPSA) is 104 Å². The number of halogens is 3. The summed E-state index contributed by atoms with van der Waals surface area (Å²) in [6.45, 7) is 5.63. The van der Waals surface area contributed by atoms with E-state index in [-0.39, 0.29) is 18.0 Å². The van der Waals surface area contributed by atoms with Crippen LogP contribution in [0.15, 0.2) is 90.0 Å². The maximum Gasteiger partial charge on any atom is 0.417 e. The Hall–Kier alpha value is -4.91. The van der Waals surface area contributed by atoms with Gasteiger partial charge in [0.2, 0.25) is 10.0 Å². The predicted octanol–water partition coefficient (Wildman–Crippen LogP) is 6.54. The normalized spacial score (nSPS) is 13.9. The van der Waals surface area contributed by atoms with Gasteiger partial charge in [-0.1, -0.05) is 36.4 Å². The average molecular weight is 665 g/mol. The summed E-state index contributed by atoms with van der Waals surface area (Å²) < 4.78 is 75.4. The fraction of sp³-hybridized carbons (Fsp3) is 0.265. The summed E-state index contributed by atoms with van der Waals surface area (Å²) in [6, 6.07) is 18.7. The van der Waals surface area contributed by atoms with Gasteiger partial charge in [-0.25, -0.2) is 17.2 Å². The van der Waals surface area contributed by atoms with Gasteiger partial charge in [0.1, 0.15) is 5.60 Å². The molecule has 0 spiro atoms. The van der Waals surface area contributed by atoms with Crippen LogP contribution in [0.5, 0.6) is 0 Å². The van der Waals surface area contributed by atoms with Crippen molar-refractivity contribution >= 4 is 27.0 Å². The summed E-state index contributed by atoms with van der Waals surface area (Å²) >= 11 is 0. The third-order valence-corrected chi connectivity index (χ3v) is 9.47. The molecule has 1 aliphatic heterocycles. The number of carbonyl (C=O) groups is 1. The monoisotopic (exact) mass is 664 g/mol. The van der Waals surface area contributed by atoms with Gasteiger partial charge in [0.15, 0.2) is 0 Å². The zero-order chi connectivity index (χ0) is 33.7. The van der Waals surface area contributed by atoms with E-state index >= 15 is 0 Å². The molecule has 5 aromatic rings. The number of amides is 1. The number of benzene rings is 2. The molecule has 9 nitrogen and oxygen atoms in total. The van der Waals surface area contributed by atoms with Crippen molar-refractivity contribution in [3.8, 4) is 16.9 Å². The van der Waals surface area contributed by atoms with Crippen molar-refractivity contribution in [1.29, 1.82) is 0 Å². The van der Waals surface area contributed by atoms with Crippen molar-refractivity contribution in [2.45, 2.75) is 51.3 Å². The molecule has 0 N–H and O–H groups in total. The second kappa shape index (κ2) is 11.7. The van der Waals surface area contributed by atoms with Gasteiger partial charge >= 0.3 is 12.3 Å². The molecule has 0 fully saturated rings. The Bertz CT molecular complexity index is 2150. The van der Waals surface area contributed by atoms with Gasteiger partial charge in [0, 0.05) is 36.0 Å². The lowest BCUT2D eigenvalue weighted by atomic mass is 10.0. The Balaban J connectivity index is 1.43. The summed E-state index contributed by atoms with van der Waals surface area (Å²) in [4.78, 5) is 31.7. The molecular weight excluding hydrogens is 633 g/mol. The largest absolute Gasteiger partial charge is 0.444 e. The molecule has 6 rings (SSSR count). The molecule has 0 radical (unpaired) electrons. The van der Waals surface area contributed by atoms with Gasteiger partial charge in [0.25, 0.3) is 5.56 Å². The van der Waals surface area contributed by atoms with E-state index in [1.807, 2.05) is 0 Å². The van der Waals surface area contributed by atoms with E-state index in [1.165, 1.54) is 31.8 Å². The number of nitrogens with zero attached hydrogens (tertiary/aromatic N) is 4. The van der Waals surface area contributed by atoms with Crippen molar-refractivity contribution in [3.05, 3.63) is 118 Å². The van der Waals surface area contributed by atoms with E-state index in [4.69, 9.17) is 4.74 Å². The van der Waals surface area contributed by atoms with Gasteiger partial charge in [-0.15, -0.1) is 0 Å². The highest BCUT2D eigenvalue weighted by atomic mass is 32.2. The highest BCUT2D eigenvalue weighted by molar-refractivity contribution is 7.89. The molecule has 13 heteroatoms. The summed E-state index contributed by atoms with van der Waals surface area (Å²) in [7, 11) is -4.03. The molecule has 4 heterocycles. The van der Waals surface area contributed by atoms with Crippen molar-refractivity contribution in [2.75, 3.05) is 6.54 Å². The molecular formula is C34H31F3N4O5S. The molecule has 0 aliphatic carbocycles. The lowest BCUT2D eigenvalue weighted by Crippen LogP contribution is -2.40. The number of hydrogen-bond acceptors (Lipinski definition) is 6. The lowest BCUT2D eigenvalue weighted by molar-refractivity contribution is -0.137. The van der Waals surface area contributed by atoms with Crippen molar-refractivity contribution < 1.29 is 31.1 Å². The molecule has 244 valence electrons. The number of fused-ring (bicyclic) bond motifs is 3. The zero-order valence-corrected chi connectivity index (χ0v) is 26.6. The first-order chi connectivity index (χ1) is 22.1. The lowest BCUT2D eigenvalue weighted by Gasteiger charge is -2.30. The zero-order valence-electron chi connectivity index (χ0n) is 25.8. The van der Waals surface area contributed by atoms with E-state index < -0.39 is 39.0 Å². The second-order valence-corrected chi connectivity index (χ2v) is 14.2. The number of rotatable bonds is 5. The number of carbonyl (C=O) groups excluding carboxylic acids is 1. The average Bonchev–Trinajstić information content (AvgIpc) is 3.34. The van der Waals surface area contributed by atoms with Crippen LogP contribution in [0.1, 0.15) is 43.2 Å². The molecule has 0 saturated heterocycles. The van der Waals surface area contributed by atoms with E-state index in [9.17, 15) is 31.2 Å². The third kappa shape index (κ3) is 6.53. The summed E-state index contributed by atoms with van der Waals surface area (Å²) in [6.07, 6.45) is -2.51. The van der Waals surface area contributed by atoms with Gasteiger partial charge < -0.3 is 9.64 Å². The number of aromatic nitrogens is 3. The Morgan fingerprint density at radius 3 is 2.36 bits per heavy atom. The Labute approximate surface area is 268 Å². The first-order valence-electron chi connectivity index (χ1n) is 14.8. The third-order valence-electron chi connectivity index (χ3n) is 7.80. The molecule has 0 atom stereocenters. The van der Waals surface area contributed by atoms with E-state index in [1.54, 1.807) is 75.4 Å². The molecule has 1 amide bonds. The molecule has 0 saturated carbocycles. The van der Waals surface area contributed by atoms with Crippen LogP contribution in [-0.2, 0) is 39.7 Å². The van der Waals surface area contributed by atoms with Crippen molar-refractivity contribution in [2.24, 2.45) is 0 Å². The van der Waals surface area contributed by atoms with Gasteiger partial charge in [-0.05, 0) is 68.7 Å². The first kappa shape index (κ1) is 32.0. The molecule has 3 aromatic heterocycles. The molecule has 1 aliphatic rings. The maximum atomic E-state index is 14.1. The summed E-state index contributed by atoms with van der Waals surface area (Å²) in [5.41, 5.74) is 0.958. The minimum atomic E-state index is -4.53. The SMILES string of the molecule is CC(C)(C)OC(=O)N1CCc2c(n(S(=O)(=O)Cc3ccccc3)c3cc(-n4ccc(-c5ccc(C(F)(F)F)cn5)cc4=O)ccc23)C1. The maximum absolute atomic E-state index is 14.1. The molecule has 2 aromatic carbocycles. The highest BCUT2D eigenvalue weighted by Gasteiger charge is 2.33. The predicted molar refractivity (Wildman–Crippen MR) is 171 cm³/mol. The molecule has 47 heavy (non-hydrogen) atoms. The number of alkyl halides is 3. The second-order valence-electron chi connectivity index (χ2n) is 12.3. The highest BCUT2D eigenvalue weighted by Crippen LogP contribution is 2.35. The van der Waals surface area contributed by atoms with Crippen molar-refractivity contribution in [3.63, 3.8) is 0 Å². The Kier molecular flexibility index (Phi) is 7.99. The van der Waals surface area contributed by atoms with Gasteiger partial charge in [-0.2, -0.15) is 13.2 Å². The number of pyridine rings is 2. The van der Waals surface area contributed by atoms with Crippen LogP contribution in [0.3, 0.4) is 0 Å². The first-order valence-corrected chi connectivity index (χ1v) is 16.4. The smallest absolute Gasteiger partial charge is 0.417 e. The van der Waals surface area contributed by atoms with E-state index in [0.29, 0.717) is 52.6 Å². The van der Waals surface area contributed by atoms with E-state index in [0.717, 1.165) is 11.6 Å². The summed E-state index contributed by atoms with van der Waals surface area (Å²) in [5.74, 6) is -0.296. The van der Waals surface area contributed by atoms with Crippen LogP contribution in [-0.4, -0.2) is 45.1 Å².